The van der Waals surface area contributed by atoms with E-state index < -0.39 is 0 Å². The molecule has 4 heteroatoms. The third-order valence-corrected chi connectivity index (χ3v) is 6.55. The van der Waals surface area contributed by atoms with Crippen molar-refractivity contribution in [3.63, 3.8) is 0 Å². The molecular formula is C21H27NO3. The van der Waals surface area contributed by atoms with E-state index in [2.05, 4.69) is 11.8 Å². The van der Waals surface area contributed by atoms with E-state index in [-0.39, 0.29) is 17.4 Å². The number of ether oxygens (including phenoxy) is 1. The average molecular weight is 341 g/mol. The van der Waals surface area contributed by atoms with Gasteiger partial charge >= 0.3 is 5.97 Å². The Bertz CT molecular complexity index is 646. The van der Waals surface area contributed by atoms with E-state index in [0.717, 1.165) is 25.7 Å². The normalized spacial score (nSPS) is 37.3. The lowest BCUT2D eigenvalue weighted by Crippen LogP contribution is -2.59. The second-order valence-corrected chi connectivity index (χ2v) is 8.25. The third-order valence-electron chi connectivity index (χ3n) is 6.55. The molecule has 25 heavy (non-hydrogen) atoms. The summed E-state index contributed by atoms with van der Waals surface area (Å²) in [5, 5.41) is 0. The van der Waals surface area contributed by atoms with Crippen LogP contribution < -0.4 is 0 Å². The van der Waals surface area contributed by atoms with Crippen LogP contribution in [0, 0.1) is 11.8 Å². The summed E-state index contributed by atoms with van der Waals surface area (Å²) < 4.78 is 5.65. The molecule has 0 radical (unpaired) electrons. The van der Waals surface area contributed by atoms with Gasteiger partial charge in [0, 0.05) is 18.0 Å². The zero-order valence-corrected chi connectivity index (χ0v) is 14.9. The topological polar surface area (TPSA) is 46.6 Å². The summed E-state index contributed by atoms with van der Waals surface area (Å²) in [6, 6.07) is 10.1. The highest BCUT2D eigenvalue weighted by molar-refractivity contribution is 5.89. The Morgan fingerprint density at radius 1 is 1.32 bits per heavy atom. The predicted molar refractivity (Wildman–Crippen MR) is 95.3 cm³/mol. The summed E-state index contributed by atoms with van der Waals surface area (Å²) in [4.78, 5) is 26.8. The van der Waals surface area contributed by atoms with Gasteiger partial charge in [-0.25, -0.2) is 4.79 Å². The van der Waals surface area contributed by atoms with Gasteiger partial charge in [-0.3, -0.25) is 4.90 Å². The Labute approximate surface area is 149 Å². The zero-order valence-electron chi connectivity index (χ0n) is 14.9. The van der Waals surface area contributed by atoms with Crippen molar-refractivity contribution in [3.8, 4) is 0 Å². The minimum absolute atomic E-state index is 0.258. The van der Waals surface area contributed by atoms with Crippen LogP contribution in [0.5, 0.6) is 0 Å². The molecule has 3 aliphatic heterocycles. The van der Waals surface area contributed by atoms with Crippen LogP contribution in [0.2, 0.25) is 0 Å². The molecule has 1 aromatic rings. The minimum atomic E-state index is -0.308. The molecule has 3 aliphatic rings. The van der Waals surface area contributed by atoms with Gasteiger partial charge in [0.1, 0.15) is 6.29 Å². The van der Waals surface area contributed by atoms with Crippen LogP contribution in [0.15, 0.2) is 30.3 Å². The maximum absolute atomic E-state index is 12.3. The van der Waals surface area contributed by atoms with Crippen molar-refractivity contribution in [3.05, 3.63) is 35.9 Å². The number of benzene rings is 1. The Morgan fingerprint density at radius 3 is 2.88 bits per heavy atom. The van der Waals surface area contributed by atoms with Gasteiger partial charge in [-0.1, -0.05) is 25.1 Å². The van der Waals surface area contributed by atoms with Gasteiger partial charge in [-0.2, -0.15) is 0 Å². The maximum Gasteiger partial charge on any atom is 0.338 e. The molecular weight excluding hydrogens is 314 g/mol. The summed E-state index contributed by atoms with van der Waals surface area (Å²) in [7, 11) is 0. The molecule has 4 unspecified atom stereocenters. The lowest BCUT2D eigenvalue weighted by molar-refractivity contribution is -0.125. The van der Waals surface area contributed by atoms with Crippen molar-refractivity contribution in [2.75, 3.05) is 6.61 Å². The molecule has 5 atom stereocenters. The van der Waals surface area contributed by atoms with Gasteiger partial charge in [-0.05, 0) is 56.6 Å². The van der Waals surface area contributed by atoms with Crippen molar-refractivity contribution in [1.29, 1.82) is 0 Å². The lowest BCUT2D eigenvalue weighted by atomic mass is 9.79. The van der Waals surface area contributed by atoms with Crippen LogP contribution >= 0.6 is 0 Å². The van der Waals surface area contributed by atoms with E-state index in [0.29, 0.717) is 30.2 Å². The van der Waals surface area contributed by atoms with Gasteiger partial charge in [-0.15, -0.1) is 0 Å². The molecule has 134 valence electrons. The van der Waals surface area contributed by atoms with Gasteiger partial charge in [0.25, 0.3) is 0 Å². The molecule has 3 heterocycles. The van der Waals surface area contributed by atoms with E-state index in [4.69, 9.17) is 4.74 Å². The molecule has 0 aliphatic carbocycles. The molecule has 0 spiro atoms. The number of hydrogen-bond donors (Lipinski definition) is 0. The average Bonchev–Trinajstić information content (AvgIpc) is 2.96. The molecule has 0 N–H and O–H groups in total. The molecule has 3 saturated heterocycles. The number of carbonyl (C=O) groups is 2. The van der Waals surface area contributed by atoms with Crippen LogP contribution in [0.3, 0.4) is 0 Å². The molecule has 1 aromatic carbocycles. The lowest BCUT2D eigenvalue weighted by Gasteiger charge is -2.51. The monoisotopic (exact) mass is 341 g/mol. The summed E-state index contributed by atoms with van der Waals surface area (Å²) in [6.07, 6.45) is 7.64. The van der Waals surface area contributed by atoms with E-state index in [1.165, 1.54) is 19.1 Å². The molecule has 4 nitrogen and oxygen atoms in total. The van der Waals surface area contributed by atoms with Gasteiger partial charge in [0.15, 0.2) is 0 Å². The number of aldehydes is 1. The number of rotatable bonds is 4. The highest BCUT2D eigenvalue weighted by Gasteiger charge is 2.57. The maximum atomic E-state index is 12.3. The first-order valence-electron chi connectivity index (χ1n) is 9.60. The fourth-order valence-electron chi connectivity index (χ4n) is 5.59. The molecule has 0 aromatic heterocycles. The molecule has 0 amide bonds. The summed E-state index contributed by atoms with van der Waals surface area (Å²) in [6.45, 7) is 2.74. The third kappa shape index (κ3) is 2.91. The van der Waals surface area contributed by atoms with Crippen molar-refractivity contribution >= 4 is 12.3 Å². The van der Waals surface area contributed by atoms with Crippen LogP contribution in [-0.2, 0) is 9.53 Å². The van der Waals surface area contributed by atoms with E-state index in [1.54, 1.807) is 12.1 Å². The van der Waals surface area contributed by atoms with Crippen molar-refractivity contribution in [2.24, 2.45) is 11.8 Å². The zero-order chi connectivity index (χ0) is 17.4. The Kier molecular flexibility index (Phi) is 4.40. The van der Waals surface area contributed by atoms with Crippen LogP contribution in [-0.4, -0.2) is 41.4 Å². The quantitative estimate of drug-likeness (QED) is 0.622. The first-order valence-corrected chi connectivity index (χ1v) is 9.60. The van der Waals surface area contributed by atoms with Crippen LogP contribution in [0.4, 0.5) is 0 Å². The minimum Gasteiger partial charge on any atom is -0.462 e. The summed E-state index contributed by atoms with van der Waals surface area (Å²) >= 11 is 0. The highest BCUT2D eigenvalue weighted by Crippen LogP contribution is 2.51. The number of hydrogen-bond acceptors (Lipinski definition) is 4. The Hall–Kier alpha value is -1.68. The number of piperidine rings is 2. The summed E-state index contributed by atoms with van der Waals surface area (Å²) in [5.74, 6) is 0.686. The fraction of sp³-hybridized carbons (Fsp3) is 0.619. The number of nitrogens with zero attached hydrogens (tertiary/aromatic N) is 1. The second kappa shape index (κ2) is 6.56. The highest BCUT2D eigenvalue weighted by atomic mass is 16.5. The molecule has 0 saturated carbocycles. The largest absolute Gasteiger partial charge is 0.462 e. The first-order chi connectivity index (χ1) is 12.1. The SMILES string of the molecule is CC1CC2CCCC3(C=O)C[C@H](COC(=O)c4ccccc4)C(C1)N23. The van der Waals surface area contributed by atoms with Gasteiger partial charge in [0.2, 0.25) is 0 Å². The number of carbonyl (C=O) groups excluding carboxylic acids is 2. The standard InChI is InChI=1S/C21H27NO3/c1-15-10-18-8-5-9-21(14-23)12-17(19(11-15)22(18)21)13-25-20(24)16-6-3-2-4-7-16/h2-4,6-7,14-15,17-19H,5,8-13H2,1H3/t15?,17-,18?,19?,21?/m1/s1. The molecule has 0 bridgehead atoms. The Balaban J connectivity index is 1.50. The summed E-state index contributed by atoms with van der Waals surface area (Å²) in [5.41, 5.74) is 0.288. The fourth-order valence-corrected chi connectivity index (χ4v) is 5.59. The van der Waals surface area contributed by atoms with Crippen molar-refractivity contribution in [1.82, 2.24) is 4.90 Å². The number of esters is 1. The molecule has 4 rings (SSSR count). The van der Waals surface area contributed by atoms with Crippen molar-refractivity contribution in [2.45, 2.75) is 63.1 Å². The first kappa shape index (κ1) is 16.8. The van der Waals surface area contributed by atoms with Crippen LogP contribution in [0.1, 0.15) is 55.8 Å². The van der Waals surface area contributed by atoms with E-state index >= 15 is 0 Å². The van der Waals surface area contributed by atoms with E-state index in [1.807, 2.05) is 18.2 Å². The van der Waals surface area contributed by atoms with Crippen molar-refractivity contribution < 1.29 is 14.3 Å². The Morgan fingerprint density at radius 2 is 2.12 bits per heavy atom. The smallest absolute Gasteiger partial charge is 0.338 e. The van der Waals surface area contributed by atoms with Gasteiger partial charge in [0.05, 0.1) is 17.7 Å². The molecule has 3 fully saturated rings. The second-order valence-electron chi connectivity index (χ2n) is 8.25. The predicted octanol–water partition coefficient (Wildman–Crippen LogP) is 3.45. The van der Waals surface area contributed by atoms with E-state index in [9.17, 15) is 9.59 Å². The van der Waals surface area contributed by atoms with Crippen LogP contribution in [0.25, 0.3) is 0 Å². The van der Waals surface area contributed by atoms with Gasteiger partial charge < -0.3 is 9.53 Å².